The van der Waals surface area contributed by atoms with Gasteiger partial charge in [-0.3, -0.25) is 0 Å². The fraction of sp³-hybridized carbons (Fsp3) is 0.250. The fourth-order valence-electron chi connectivity index (χ4n) is 2.18. The van der Waals surface area contributed by atoms with Crippen molar-refractivity contribution in [3.63, 3.8) is 0 Å². The first-order chi connectivity index (χ1) is 9.35. The van der Waals surface area contributed by atoms with E-state index in [1.807, 2.05) is 18.2 Å². The highest BCUT2D eigenvalue weighted by Gasteiger charge is 2.22. The van der Waals surface area contributed by atoms with Crippen LogP contribution < -0.4 is 0 Å². The molecule has 20 heavy (non-hydrogen) atoms. The number of rotatable bonds is 4. The molecule has 106 valence electrons. The molecule has 2 aromatic rings. The van der Waals surface area contributed by atoms with E-state index in [2.05, 4.69) is 15.9 Å². The van der Waals surface area contributed by atoms with E-state index in [0.29, 0.717) is 17.9 Å². The highest BCUT2D eigenvalue weighted by Crippen LogP contribution is 2.26. The van der Waals surface area contributed by atoms with Crippen molar-refractivity contribution in [2.24, 2.45) is 0 Å². The van der Waals surface area contributed by atoms with E-state index >= 15 is 0 Å². The zero-order chi connectivity index (χ0) is 14.8. The molecular weight excluding hydrogens is 343 g/mol. The summed E-state index contributed by atoms with van der Waals surface area (Å²) in [6.07, 6.45) is 0.885. The number of hydrogen-bond acceptors (Lipinski definition) is 1. The Morgan fingerprint density at radius 2 is 1.80 bits per heavy atom. The van der Waals surface area contributed by atoms with Crippen LogP contribution in [0.4, 0.5) is 4.39 Å². The molecule has 0 aliphatic carbocycles. The molecule has 0 fully saturated rings. The Morgan fingerprint density at radius 1 is 1.15 bits per heavy atom. The van der Waals surface area contributed by atoms with Gasteiger partial charge in [-0.1, -0.05) is 45.7 Å². The van der Waals surface area contributed by atoms with Crippen LogP contribution in [-0.2, 0) is 12.8 Å². The summed E-state index contributed by atoms with van der Waals surface area (Å²) in [6.45, 7) is 1.76. The first-order valence-electron chi connectivity index (χ1n) is 6.26. The fourth-order valence-corrected chi connectivity index (χ4v) is 2.92. The topological polar surface area (TPSA) is 20.2 Å². The van der Waals surface area contributed by atoms with Gasteiger partial charge in [-0.25, -0.2) is 4.39 Å². The van der Waals surface area contributed by atoms with Crippen LogP contribution in [0.1, 0.15) is 18.1 Å². The van der Waals surface area contributed by atoms with Crippen LogP contribution in [0.15, 0.2) is 46.9 Å². The predicted molar refractivity (Wildman–Crippen MR) is 83.6 cm³/mol. The Labute approximate surface area is 131 Å². The van der Waals surface area contributed by atoms with Gasteiger partial charge in [-0.05, 0) is 42.3 Å². The molecule has 1 N–H and O–H groups in total. The molecule has 0 spiro atoms. The maximum absolute atomic E-state index is 12.9. The minimum atomic E-state index is -0.935. The lowest BCUT2D eigenvalue weighted by Gasteiger charge is -2.24. The van der Waals surface area contributed by atoms with Crippen LogP contribution in [0.3, 0.4) is 0 Å². The smallest absolute Gasteiger partial charge is 0.123 e. The normalized spacial score (nSPS) is 14.1. The summed E-state index contributed by atoms with van der Waals surface area (Å²) >= 11 is 9.52. The molecule has 2 aromatic carbocycles. The van der Waals surface area contributed by atoms with Crippen LogP contribution >= 0.6 is 27.5 Å². The van der Waals surface area contributed by atoms with E-state index in [9.17, 15) is 9.50 Å². The van der Waals surface area contributed by atoms with Crippen molar-refractivity contribution in [3.05, 3.63) is 68.9 Å². The Hall–Kier alpha value is -0.900. The number of halogens is 3. The lowest BCUT2D eigenvalue weighted by atomic mass is 9.90. The molecule has 1 unspecified atom stereocenters. The molecule has 0 bridgehead atoms. The summed E-state index contributed by atoms with van der Waals surface area (Å²) in [5.41, 5.74) is 0.849. The number of benzene rings is 2. The molecule has 0 aliphatic heterocycles. The van der Waals surface area contributed by atoms with Crippen LogP contribution in [0, 0.1) is 5.82 Å². The van der Waals surface area contributed by atoms with E-state index in [4.69, 9.17) is 11.6 Å². The molecule has 0 aliphatic rings. The molecule has 0 radical (unpaired) electrons. The summed E-state index contributed by atoms with van der Waals surface area (Å²) in [5.74, 6) is -0.274. The molecule has 2 rings (SSSR count). The minimum absolute atomic E-state index is 0.274. The third-order valence-corrected chi connectivity index (χ3v) is 3.93. The van der Waals surface area contributed by atoms with Gasteiger partial charge in [0, 0.05) is 22.3 Å². The van der Waals surface area contributed by atoms with E-state index in [-0.39, 0.29) is 5.82 Å². The third-order valence-electron chi connectivity index (χ3n) is 3.08. The molecular formula is C16H15BrClFO. The number of aliphatic hydroxyl groups is 1. The van der Waals surface area contributed by atoms with Crippen molar-refractivity contribution in [1.82, 2.24) is 0 Å². The molecule has 1 nitrogen and oxygen atoms in total. The van der Waals surface area contributed by atoms with Crippen molar-refractivity contribution in [2.45, 2.75) is 25.4 Å². The van der Waals surface area contributed by atoms with E-state index < -0.39 is 5.60 Å². The third kappa shape index (κ3) is 4.30. The van der Waals surface area contributed by atoms with Gasteiger partial charge in [0.2, 0.25) is 0 Å². The molecule has 0 saturated heterocycles. The zero-order valence-corrected chi connectivity index (χ0v) is 13.4. The lowest BCUT2D eigenvalue weighted by Crippen LogP contribution is -2.30. The number of hydrogen-bond donors (Lipinski definition) is 1. The quantitative estimate of drug-likeness (QED) is 0.835. The average Bonchev–Trinajstić information content (AvgIpc) is 2.35. The van der Waals surface area contributed by atoms with Gasteiger partial charge in [0.15, 0.2) is 0 Å². The molecule has 0 aromatic heterocycles. The van der Waals surface area contributed by atoms with Crippen molar-refractivity contribution in [2.75, 3.05) is 0 Å². The van der Waals surface area contributed by atoms with Gasteiger partial charge in [0.25, 0.3) is 0 Å². The molecule has 0 heterocycles. The van der Waals surface area contributed by atoms with Crippen LogP contribution in [0.25, 0.3) is 0 Å². The summed E-state index contributed by atoms with van der Waals surface area (Å²) in [6, 6.07) is 11.8. The standard InChI is InChI=1S/C16H15BrClFO/c1-16(20,9-11-2-6-14(19)7-3-11)10-12-4-5-13(17)8-15(12)18/h2-8,20H,9-10H2,1H3. The van der Waals surface area contributed by atoms with Crippen LogP contribution in [0.5, 0.6) is 0 Å². The van der Waals surface area contributed by atoms with Gasteiger partial charge in [0.05, 0.1) is 5.60 Å². The molecule has 0 saturated carbocycles. The molecule has 0 amide bonds. The van der Waals surface area contributed by atoms with Crippen molar-refractivity contribution < 1.29 is 9.50 Å². The SMILES string of the molecule is CC(O)(Cc1ccc(F)cc1)Cc1ccc(Br)cc1Cl. The van der Waals surface area contributed by atoms with Crippen molar-refractivity contribution in [3.8, 4) is 0 Å². The second-order valence-corrected chi connectivity index (χ2v) is 6.54. The van der Waals surface area contributed by atoms with Gasteiger partial charge in [-0.2, -0.15) is 0 Å². The summed E-state index contributed by atoms with van der Waals surface area (Å²) in [4.78, 5) is 0. The Bertz CT molecular complexity index is 596. The monoisotopic (exact) mass is 356 g/mol. The van der Waals surface area contributed by atoms with Gasteiger partial charge in [-0.15, -0.1) is 0 Å². The van der Waals surface area contributed by atoms with Gasteiger partial charge < -0.3 is 5.11 Å². The highest BCUT2D eigenvalue weighted by molar-refractivity contribution is 9.10. The summed E-state index contributed by atoms with van der Waals surface area (Å²) in [5, 5.41) is 11.1. The van der Waals surface area contributed by atoms with Gasteiger partial charge in [0.1, 0.15) is 5.82 Å². The van der Waals surface area contributed by atoms with Crippen molar-refractivity contribution >= 4 is 27.5 Å². The largest absolute Gasteiger partial charge is 0.389 e. The molecule has 4 heteroatoms. The lowest BCUT2D eigenvalue weighted by molar-refractivity contribution is 0.0608. The Kier molecular flexibility index (Phi) is 4.84. The van der Waals surface area contributed by atoms with Crippen LogP contribution in [0.2, 0.25) is 5.02 Å². The summed E-state index contributed by atoms with van der Waals surface area (Å²) in [7, 11) is 0. The summed E-state index contributed by atoms with van der Waals surface area (Å²) < 4.78 is 13.8. The Morgan fingerprint density at radius 3 is 2.40 bits per heavy atom. The zero-order valence-electron chi connectivity index (χ0n) is 11.0. The predicted octanol–water partition coefficient (Wildman–Crippen LogP) is 4.78. The molecule has 1 atom stereocenters. The van der Waals surface area contributed by atoms with E-state index in [1.54, 1.807) is 19.1 Å². The Balaban J connectivity index is 2.12. The second-order valence-electron chi connectivity index (χ2n) is 5.21. The van der Waals surface area contributed by atoms with Crippen LogP contribution in [-0.4, -0.2) is 10.7 Å². The maximum Gasteiger partial charge on any atom is 0.123 e. The first-order valence-corrected chi connectivity index (χ1v) is 7.44. The minimum Gasteiger partial charge on any atom is -0.389 e. The average molecular weight is 358 g/mol. The van der Waals surface area contributed by atoms with E-state index in [0.717, 1.165) is 15.6 Å². The van der Waals surface area contributed by atoms with Crippen molar-refractivity contribution in [1.29, 1.82) is 0 Å². The first kappa shape index (κ1) is 15.5. The second kappa shape index (κ2) is 6.25. The van der Waals surface area contributed by atoms with Gasteiger partial charge >= 0.3 is 0 Å². The maximum atomic E-state index is 12.9. The van der Waals surface area contributed by atoms with E-state index in [1.165, 1.54) is 12.1 Å². The highest BCUT2D eigenvalue weighted by atomic mass is 79.9.